The summed E-state index contributed by atoms with van der Waals surface area (Å²) in [6, 6.07) is 10.2. The average molecular weight is 253 g/mol. The normalized spacial score (nSPS) is 24.4. The van der Waals surface area contributed by atoms with Crippen LogP contribution in [0.5, 0.6) is 0 Å². The van der Waals surface area contributed by atoms with Crippen molar-refractivity contribution >= 4 is 23.2 Å². The van der Waals surface area contributed by atoms with Crippen molar-refractivity contribution in [2.24, 2.45) is 0 Å². The summed E-state index contributed by atoms with van der Waals surface area (Å²) >= 11 is 5.88. The molecule has 2 rings (SSSR count). The molecule has 17 heavy (non-hydrogen) atoms. The smallest absolute Gasteiger partial charge is 0.275 e. The molecule has 0 radical (unpaired) electrons. The fourth-order valence-electron chi connectivity index (χ4n) is 2.46. The number of quaternary nitrogens is 1. The van der Waals surface area contributed by atoms with Crippen LogP contribution in [0.3, 0.4) is 0 Å². The minimum atomic E-state index is 0.610. The maximum atomic E-state index is 8.39. The lowest BCUT2D eigenvalue weighted by atomic mass is 10.3. The number of nitrogens with zero attached hydrogens (tertiary/aromatic N) is 2. The van der Waals surface area contributed by atoms with Crippen LogP contribution in [0.15, 0.2) is 30.3 Å². The number of alkyl halides is 1. The second kappa shape index (κ2) is 5.07. The third-order valence-corrected chi connectivity index (χ3v) is 3.81. The summed E-state index contributed by atoms with van der Waals surface area (Å²) < 4.78 is 0.707. The number of rotatable bonds is 4. The van der Waals surface area contributed by atoms with Crippen LogP contribution >= 0.6 is 11.6 Å². The first-order chi connectivity index (χ1) is 8.23. The van der Waals surface area contributed by atoms with Gasteiger partial charge in [-0.2, -0.15) is 0 Å². The fourth-order valence-corrected chi connectivity index (χ4v) is 2.79. The lowest BCUT2D eigenvalue weighted by molar-refractivity contribution is -0.830. The molecule has 0 amide bonds. The van der Waals surface area contributed by atoms with Crippen LogP contribution in [0.2, 0.25) is 0 Å². The number of hydrogen-bond acceptors (Lipinski definition) is 1. The zero-order valence-electron chi connectivity index (χ0n) is 10.2. The van der Waals surface area contributed by atoms with E-state index in [9.17, 15) is 0 Å². The molecule has 1 N–H and O–H groups in total. The number of nitrogens with one attached hydrogen (secondary N) is 1. The van der Waals surface area contributed by atoms with Gasteiger partial charge in [-0.3, -0.25) is 9.38 Å². The van der Waals surface area contributed by atoms with Crippen LogP contribution in [0.25, 0.3) is 0 Å². The summed E-state index contributed by atoms with van der Waals surface area (Å²) in [5.41, 5.74) is 1.11. The van der Waals surface area contributed by atoms with Crippen molar-refractivity contribution in [1.29, 1.82) is 5.41 Å². The average Bonchev–Trinajstić information content (AvgIpc) is 2.69. The zero-order chi connectivity index (χ0) is 12.3. The highest BCUT2D eigenvalue weighted by Gasteiger charge is 2.42. The van der Waals surface area contributed by atoms with E-state index in [1.165, 1.54) is 0 Å². The van der Waals surface area contributed by atoms with Gasteiger partial charge in [0, 0.05) is 5.69 Å². The molecule has 1 atom stereocenters. The lowest BCUT2D eigenvalue weighted by Gasteiger charge is -2.31. The second-order valence-corrected chi connectivity index (χ2v) is 4.79. The Morgan fingerprint density at radius 2 is 2.06 bits per heavy atom. The number of hydrogen-bond donors (Lipinski definition) is 1. The predicted octanol–water partition coefficient (Wildman–Crippen LogP) is 2.52. The minimum Gasteiger partial charge on any atom is -0.275 e. The molecule has 1 aliphatic rings. The Morgan fingerprint density at radius 3 is 2.65 bits per heavy atom. The number of guanidine groups is 1. The Hall–Kier alpha value is -1.06. The van der Waals surface area contributed by atoms with Gasteiger partial charge >= 0.3 is 5.96 Å². The van der Waals surface area contributed by atoms with Crippen LogP contribution in [0, 0.1) is 5.41 Å². The molecule has 92 valence electrons. The van der Waals surface area contributed by atoms with Crippen LogP contribution in [0.4, 0.5) is 5.69 Å². The molecule has 3 nitrogen and oxygen atoms in total. The Labute approximate surface area is 108 Å². The molecule has 0 aromatic heterocycles. The highest BCUT2D eigenvalue weighted by atomic mass is 35.5. The van der Waals surface area contributed by atoms with Gasteiger partial charge in [-0.1, -0.05) is 18.2 Å². The van der Waals surface area contributed by atoms with Gasteiger partial charge in [0.15, 0.2) is 0 Å². The van der Waals surface area contributed by atoms with E-state index in [0.717, 1.165) is 31.9 Å². The molecule has 1 aliphatic heterocycles. The lowest BCUT2D eigenvalue weighted by Crippen LogP contribution is -2.52. The number of benzene rings is 1. The minimum absolute atomic E-state index is 0.610. The van der Waals surface area contributed by atoms with Crippen LogP contribution in [-0.4, -0.2) is 42.5 Å². The molecule has 4 heteroatoms. The van der Waals surface area contributed by atoms with E-state index < -0.39 is 0 Å². The Morgan fingerprint density at radius 1 is 1.35 bits per heavy atom. The molecule has 1 unspecified atom stereocenters. The van der Waals surface area contributed by atoms with Crippen molar-refractivity contribution in [2.75, 3.05) is 37.0 Å². The van der Waals surface area contributed by atoms with Crippen molar-refractivity contribution in [3.63, 3.8) is 0 Å². The Bertz CT molecular complexity index is 393. The molecule has 1 aromatic carbocycles. The molecular weight excluding hydrogens is 234 g/mol. The number of anilines is 1. The summed E-state index contributed by atoms with van der Waals surface area (Å²) in [6.45, 7) is 5.81. The zero-order valence-corrected chi connectivity index (χ0v) is 11.0. The largest absolute Gasteiger partial charge is 0.302 e. The van der Waals surface area contributed by atoms with E-state index >= 15 is 0 Å². The highest BCUT2D eigenvalue weighted by molar-refractivity contribution is 6.18. The van der Waals surface area contributed by atoms with Crippen LogP contribution in [0.1, 0.15) is 6.92 Å². The SMILES string of the molecule is CC[N+]1(CCCl)CCN(c2ccccc2)C1=N. The summed E-state index contributed by atoms with van der Waals surface area (Å²) in [6.07, 6.45) is 0. The Kier molecular flexibility index (Phi) is 3.69. The molecule has 0 bridgehead atoms. The van der Waals surface area contributed by atoms with Gasteiger partial charge in [-0.25, -0.2) is 5.41 Å². The van der Waals surface area contributed by atoms with Crippen molar-refractivity contribution in [1.82, 2.24) is 0 Å². The maximum absolute atomic E-state index is 8.39. The summed E-state index contributed by atoms with van der Waals surface area (Å²) in [5, 5.41) is 8.39. The van der Waals surface area contributed by atoms with E-state index in [0.29, 0.717) is 16.3 Å². The first kappa shape index (κ1) is 12.4. The summed E-state index contributed by atoms with van der Waals surface area (Å²) in [4.78, 5) is 2.09. The molecule has 0 spiro atoms. The molecule has 0 saturated carbocycles. The maximum Gasteiger partial charge on any atom is 0.302 e. The first-order valence-electron chi connectivity index (χ1n) is 6.07. The molecule has 1 fully saturated rings. The van der Waals surface area contributed by atoms with Crippen LogP contribution in [-0.2, 0) is 0 Å². The molecular formula is C13H19ClN3+. The van der Waals surface area contributed by atoms with Crippen molar-refractivity contribution < 1.29 is 4.48 Å². The summed E-state index contributed by atoms with van der Waals surface area (Å²) in [5.74, 6) is 1.29. The number of para-hydroxylation sites is 1. The van der Waals surface area contributed by atoms with E-state index in [2.05, 4.69) is 24.0 Å². The molecule has 1 saturated heterocycles. The van der Waals surface area contributed by atoms with Crippen molar-refractivity contribution in [3.8, 4) is 0 Å². The third-order valence-electron chi connectivity index (χ3n) is 3.64. The van der Waals surface area contributed by atoms with Gasteiger partial charge in [0.25, 0.3) is 0 Å². The topological polar surface area (TPSA) is 27.1 Å². The van der Waals surface area contributed by atoms with E-state index in [4.69, 9.17) is 17.0 Å². The molecule has 0 aliphatic carbocycles. The van der Waals surface area contributed by atoms with E-state index in [1.54, 1.807) is 0 Å². The van der Waals surface area contributed by atoms with Crippen LogP contribution < -0.4 is 4.90 Å². The number of likely N-dealkylation sites (N-methyl/N-ethyl adjacent to an activating group) is 1. The standard InChI is InChI=1S/C13H19ClN3/c1-2-17(10-8-14)11-9-16(13(17)15)12-6-4-3-5-7-12/h3-7,15H,2,8-11H2,1H3/q+1. The van der Waals surface area contributed by atoms with Crippen molar-refractivity contribution in [3.05, 3.63) is 30.3 Å². The third kappa shape index (κ3) is 2.17. The van der Waals surface area contributed by atoms with Crippen molar-refractivity contribution in [2.45, 2.75) is 6.92 Å². The van der Waals surface area contributed by atoms with Gasteiger partial charge in [0.1, 0.15) is 6.54 Å². The van der Waals surface area contributed by atoms with E-state index in [-0.39, 0.29) is 0 Å². The second-order valence-electron chi connectivity index (χ2n) is 4.41. The predicted molar refractivity (Wildman–Crippen MR) is 72.8 cm³/mol. The molecule has 1 aromatic rings. The van der Waals surface area contributed by atoms with Gasteiger partial charge in [-0.05, 0) is 19.1 Å². The Balaban J connectivity index is 2.23. The quantitative estimate of drug-likeness (QED) is 0.647. The molecule has 1 heterocycles. The first-order valence-corrected chi connectivity index (χ1v) is 6.61. The number of halogens is 1. The van der Waals surface area contributed by atoms with Gasteiger partial charge < -0.3 is 0 Å². The highest BCUT2D eigenvalue weighted by Crippen LogP contribution is 2.24. The summed E-state index contributed by atoms with van der Waals surface area (Å²) in [7, 11) is 0. The van der Waals surface area contributed by atoms with Gasteiger partial charge in [0.05, 0.1) is 25.5 Å². The van der Waals surface area contributed by atoms with E-state index in [1.807, 2.05) is 18.2 Å². The fraction of sp³-hybridized carbons (Fsp3) is 0.462. The monoisotopic (exact) mass is 252 g/mol. The van der Waals surface area contributed by atoms with Gasteiger partial charge in [0.2, 0.25) is 0 Å². The van der Waals surface area contributed by atoms with Gasteiger partial charge in [-0.15, -0.1) is 11.6 Å².